The maximum atomic E-state index is 10.3. The second kappa shape index (κ2) is 2.33. The van der Waals surface area contributed by atoms with Crippen molar-refractivity contribution in [3.05, 3.63) is 0 Å². The van der Waals surface area contributed by atoms with Crippen LogP contribution < -0.4 is 11.1 Å². The Morgan fingerprint density at radius 1 is 1.67 bits per heavy atom. The van der Waals surface area contributed by atoms with Crippen LogP contribution >= 0.6 is 0 Å². The first-order chi connectivity index (χ1) is 4.22. The van der Waals surface area contributed by atoms with E-state index in [1.54, 1.807) is 0 Å². The third kappa shape index (κ3) is 1.20. The lowest BCUT2D eigenvalue weighted by molar-refractivity contribution is -0.141. The van der Waals surface area contributed by atoms with E-state index in [2.05, 4.69) is 5.32 Å². The minimum Gasteiger partial charge on any atom is -0.481 e. The molecule has 1 aliphatic heterocycles. The Morgan fingerprint density at radius 2 is 2.33 bits per heavy atom. The first-order valence-corrected chi connectivity index (χ1v) is 2.91. The van der Waals surface area contributed by atoms with Crippen molar-refractivity contribution in [2.75, 3.05) is 13.1 Å². The van der Waals surface area contributed by atoms with E-state index >= 15 is 0 Å². The van der Waals surface area contributed by atoms with Crippen molar-refractivity contribution in [3.63, 3.8) is 0 Å². The van der Waals surface area contributed by atoms with Gasteiger partial charge in [-0.25, -0.2) is 0 Å². The second-order valence-electron chi connectivity index (χ2n) is 2.27. The number of aliphatic carboxylic acids is 1. The Bertz CT molecular complexity index is 126. The summed E-state index contributed by atoms with van der Waals surface area (Å²) in [4.78, 5) is 10.3. The molecule has 0 bridgehead atoms. The van der Waals surface area contributed by atoms with Crippen molar-refractivity contribution < 1.29 is 9.90 Å². The molecule has 1 rings (SSSR count). The Hall–Kier alpha value is -0.610. The maximum Gasteiger partial charge on any atom is 0.309 e. The molecule has 0 aromatic carbocycles. The molecule has 1 fully saturated rings. The molecule has 1 heterocycles. The summed E-state index contributed by atoms with van der Waals surface area (Å²) >= 11 is 0. The lowest BCUT2D eigenvalue weighted by Crippen LogP contribution is -2.33. The standard InChI is InChI=1S/C5H10N2O2/c6-4-2-7-1-3(4)5(8)9/h3-4,7H,1-2,6H2,(H,8,9)/t3-,4-/m0/s1. The number of carboxylic acid groups (broad SMARTS) is 1. The lowest BCUT2D eigenvalue weighted by Gasteiger charge is -2.06. The van der Waals surface area contributed by atoms with Gasteiger partial charge in [0, 0.05) is 19.1 Å². The molecule has 1 aliphatic rings. The topological polar surface area (TPSA) is 75.3 Å². The fourth-order valence-electron chi connectivity index (χ4n) is 0.970. The summed E-state index contributed by atoms with van der Waals surface area (Å²) in [7, 11) is 0. The van der Waals surface area contributed by atoms with Gasteiger partial charge in [-0.2, -0.15) is 0 Å². The number of carboxylic acids is 1. The van der Waals surface area contributed by atoms with E-state index in [1.807, 2.05) is 0 Å². The van der Waals surface area contributed by atoms with Crippen molar-refractivity contribution in [1.29, 1.82) is 0 Å². The summed E-state index contributed by atoms with van der Waals surface area (Å²) in [6, 6.07) is -0.206. The molecule has 4 heteroatoms. The maximum absolute atomic E-state index is 10.3. The molecule has 0 spiro atoms. The van der Waals surface area contributed by atoms with Gasteiger partial charge in [0.25, 0.3) is 0 Å². The molecule has 9 heavy (non-hydrogen) atoms. The largest absolute Gasteiger partial charge is 0.481 e. The number of hydrogen-bond donors (Lipinski definition) is 3. The average Bonchev–Trinajstić information content (AvgIpc) is 2.13. The van der Waals surface area contributed by atoms with E-state index in [4.69, 9.17) is 10.8 Å². The molecule has 0 saturated carbocycles. The highest BCUT2D eigenvalue weighted by molar-refractivity contribution is 5.71. The first-order valence-electron chi connectivity index (χ1n) is 2.91. The van der Waals surface area contributed by atoms with Gasteiger partial charge in [-0.3, -0.25) is 4.79 Å². The van der Waals surface area contributed by atoms with Crippen LogP contribution in [0.15, 0.2) is 0 Å². The second-order valence-corrected chi connectivity index (χ2v) is 2.27. The van der Waals surface area contributed by atoms with Crippen LogP contribution in [0.25, 0.3) is 0 Å². The summed E-state index contributed by atoms with van der Waals surface area (Å²) in [5, 5.41) is 11.4. The molecular formula is C5H10N2O2. The number of nitrogens with one attached hydrogen (secondary N) is 1. The molecule has 0 amide bonds. The van der Waals surface area contributed by atoms with Crippen LogP contribution in [-0.2, 0) is 4.79 Å². The van der Waals surface area contributed by atoms with Gasteiger partial charge in [0.1, 0.15) is 0 Å². The van der Waals surface area contributed by atoms with Crippen molar-refractivity contribution in [1.82, 2.24) is 5.32 Å². The Morgan fingerprint density at radius 3 is 2.56 bits per heavy atom. The lowest BCUT2D eigenvalue weighted by atomic mass is 10.1. The van der Waals surface area contributed by atoms with Gasteiger partial charge in [0.2, 0.25) is 0 Å². The summed E-state index contributed by atoms with van der Waals surface area (Å²) in [6.07, 6.45) is 0. The first kappa shape index (κ1) is 6.51. The highest BCUT2D eigenvalue weighted by atomic mass is 16.4. The van der Waals surface area contributed by atoms with Crippen LogP contribution in [0.1, 0.15) is 0 Å². The van der Waals surface area contributed by atoms with Gasteiger partial charge in [-0.15, -0.1) is 0 Å². The van der Waals surface area contributed by atoms with Gasteiger partial charge < -0.3 is 16.2 Å². The number of rotatable bonds is 1. The van der Waals surface area contributed by atoms with Crippen LogP contribution in [0, 0.1) is 5.92 Å². The van der Waals surface area contributed by atoms with Gasteiger partial charge in [0.05, 0.1) is 5.92 Å². The smallest absolute Gasteiger partial charge is 0.309 e. The van der Waals surface area contributed by atoms with Crippen LogP contribution in [0.5, 0.6) is 0 Å². The van der Waals surface area contributed by atoms with Gasteiger partial charge in [0.15, 0.2) is 0 Å². The molecule has 4 N–H and O–H groups in total. The number of nitrogens with two attached hydrogens (primary N) is 1. The molecule has 0 aliphatic carbocycles. The SMILES string of the molecule is N[C@H]1CNC[C@@H]1C(=O)O. The molecule has 52 valence electrons. The van der Waals surface area contributed by atoms with Crippen molar-refractivity contribution in [2.24, 2.45) is 11.7 Å². The minimum absolute atomic E-state index is 0.206. The molecular weight excluding hydrogens is 120 g/mol. The Balaban J connectivity index is 2.49. The van der Waals surface area contributed by atoms with E-state index in [0.717, 1.165) is 0 Å². The third-order valence-corrected chi connectivity index (χ3v) is 1.58. The Labute approximate surface area is 53.0 Å². The summed E-state index contributed by atoms with van der Waals surface area (Å²) in [6.45, 7) is 1.13. The predicted octanol–water partition coefficient (Wildman–Crippen LogP) is -1.38. The quantitative estimate of drug-likeness (QED) is 0.409. The fourth-order valence-corrected chi connectivity index (χ4v) is 0.970. The van der Waals surface area contributed by atoms with Gasteiger partial charge in [-0.1, -0.05) is 0 Å². The highest BCUT2D eigenvalue weighted by Gasteiger charge is 2.29. The molecule has 2 atom stereocenters. The molecule has 4 nitrogen and oxygen atoms in total. The zero-order valence-electron chi connectivity index (χ0n) is 5.00. The van der Waals surface area contributed by atoms with E-state index in [-0.39, 0.29) is 12.0 Å². The van der Waals surface area contributed by atoms with E-state index in [0.29, 0.717) is 13.1 Å². The third-order valence-electron chi connectivity index (χ3n) is 1.58. The van der Waals surface area contributed by atoms with Crippen LogP contribution in [-0.4, -0.2) is 30.2 Å². The summed E-state index contributed by atoms with van der Waals surface area (Å²) in [5.74, 6) is -1.18. The van der Waals surface area contributed by atoms with Crippen LogP contribution in [0.3, 0.4) is 0 Å². The van der Waals surface area contributed by atoms with Crippen LogP contribution in [0.2, 0.25) is 0 Å². The molecule has 1 saturated heterocycles. The fraction of sp³-hybridized carbons (Fsp3) is 0.800. The summed E-state index contributed by atoms with van der Waals surface area (Å²) in [5.41, 5.74) is 5.44. The van der Waals surface area contributed by atoms with Gasteiger partial charge in [-0.05, 0) is 0 Å². The molecule has 0 radical (unpaired) electrons. The Kier molecular flexibility index (Phi) is 1.68. The van der Waals surface area contributed by atoms with Gasteiger partial charge >= 0.3 is 5.97 Å². The van der Waals surface area contributed by atoms with E-state index in [1.165, 1.54) is 0 Å². The van der Waals surface area contributed by atoms with E-state index in [9.17, 15) is 4.79 Å². The predicted molar refractivity (Wildman–Crippen MR) is 32.0 cm³/mol. The number of carbonyl (C=O) groups is 1. The van der Waals surface area contributed by atoms with E-state index < -0.39 is 5.97 Å². The zero-order chi connectivity index (χ0) is 6.85. The van der Waals surface area contributed by atoms with Crippen molar-refractivity contribution >= 4 is 5.97 Å². The summed E-state index contributed by atoms with van der Waals surface area (Å²) < 4.78 is 0. The van der Waals surface area contributed by atoms with Crippen molar-refractivity contribution in [2.45, 2.75) is 6.04 Å². The normalized spacial score (nSPS) is 34.8. The van der Waals surface area contributed by atoms with Crippen molar-refractivity contribution in [3.8, 4) is 0 Å². The zero-order valence-corrected chi connectivity index (χ0v) is 5.00. The number of hydrogen-bond acceptors (Lipinski definition) is 3. The monoisotopic (exact) mass is 130 g/mol. The average molecular weight is 130 g/mol. The molecule has 0 unspecified atom stereocenters. The molecule has 0 aromatic heterocycles. The van der Waals surface area contributed by atoms with Crippen LogP contribution in [0.4, 0.5) is 0 Å². The minimum atomic E-state index is -0.799. The highest BCUT2D eigenvalue weighted by Crippen LogP contribution is 2.05. The molecule has 0 aromatic rings.